The number of aromatic amines is 1. The van der Waals surface area contributed by atoms with Gasteiger partial charge >= 0.3 is 0 Å². The van der Waals surface area contributed by atoms with E-state index >= 15 is 0 Å². The largest absolute Gasteiger partial charge is 0.360 e. The highest BCUT2D eigenvalue weighted by molar-refractivity contribution is 5.62. The molecule has 0 fully saturated rings. The van der Waals surface area contributed by atoms with E-state index < -0.39 is 0 Å². The SMILES string of the molecule is CC(C)Cc1cc(CNCc2cn[nH]c2-c2ccc(F)cc2)on1. The van der Waals surface area contributed by atoms with Crippen LogP contribution in [0.25, 0.3) is 11.3 Å². The van der Waals surface area contributed by atoms with Gasteiger partial charge in [-0.2, -0.15) is 5.10 Å². The first-order valence-corrected chi connectivity index (χ1v) is 8.05. The molecule has 24 heavy (non-hydrogen) atoms. The number of H-pyrrole nitrogens is 1. The van der Waals surface area contributed by atoms with Crippen molar-refractivity contribution in [1.29, 1.82) is 0 Å². The molecule has 3 aromatic rings. The van der Waals surface area contributed by atoms with Gasteiger partial charge in [-0.1, -0.05) is 19.0 Å². The highest BCUT2D eigenvalue weighted by atomic mass is 19.1. The lowest BCUT2D eigenvalue weighted by atomic mass is 10.1. The van der Waals surface area contributed by atoms with E-state index in [0.717, 1.165) is 34.7 Å². The fourth-order valence-corrected chi connectivity index (χ4v) is 2.59. The van der Waals surface area contributed by atoms with Gasteiger partial charge in [-0.25, -0.2) is 4.39 Å². The lowest BCUT2D eigenvalue weighted by Crippen LogP contribution is -2.12. The van der Waals surface area contributed by atoms with E-state index in [2.05, 4.69) is 34.5 Å². The van der Waals surface area contributed by atoms with Crippen molar-refractivity contribution < 1.29 is 8.91 Å². The first-order chi connectivity index (χ1) is 11.6. The van der Waals surface area contributed by atoms with Crippen molar-refractivity contribution in [3.63, 3.8) is 0 Å². The molecule has 0 aliphatic carbocycles. The summed E-state index contributed by atoms with van der Waals surface area (Å²) >= 11 is 0. The summed E-state index contributed by atoms with van der Waals surface area (Å²) < 4.78 is 18.4. The Balaban J connectivity index is 1.59. The van der Waals surface area contributed by atoms with Crippen LogP contribution >= 0.6 is 0 Å². The summed E-state index contributed by atoms with van der Waals surface area (Å²) in [6, 6.07) is 8.35. The number of benzene rings is 1. The van der Waals surface area contributed by atoms with Crippen molar-refractivity contribution in [2.45, 2.75) is 33.4 Å². The van der Waals surface area contributed by atoms with E-state index in [0.29, 0.717) is 19.0 Å². The minimum absolute atomic E-state index is 0.250. The molecule has 0 radical (unpaired) electrons. The van der Waals surface area contributed by atoms with E-state index in [4.69, 9.17) is 4.52 Å². The van der Waals surface area contributed by atoms with Gasteiger partial charge in [0.25, 0.3) is 0 Å². The fourth-order valence-electron chi connectivity index (χ4n) is 2.59. The van der Waals surface area contributed by atoms with Gasteiger partial charge in [-0.05, 0) is 36.6 Å². The average molecular weight is 328 g/mol. The Hall–Kier alpha value is -2.47. The first-order valence-electron chi connectivity index (χ1n) is 8.05. The van der Waals surface area contributed by atoms with Gasteiger partial charge in [0.15, 0.2) is 5.76 Å². The second-order valence-electron chi connectivity index (χ2n) is 6.26. The highest BCUT2D eigenvalue weighted by Gasteiger charge is 2.09. The van der Waals surface area contributed by atoms with Gasteiger partial charge in [-0.15, -0.1) is 0 Å². The van der Waals surface area contributed by atoms with Crippen LogP contribution in [0.3, 0.4) is 0 Å². The summed E-state index contributed by atoms with van der Waals surface area (Å²) in [4.78, 5) is 0. The highest BCUT2D eigenvalue weighted by Crippen LogP contribution is 2.21. The third-order valence-electron chi connectivity index (χ3n) is 3.69. The van der Waals surface area contributed by atoms with Gasteiger partial charge in [0, 0.05) is 23.7 Å². The standard InChI is InChI=1S/C18H21FN4O/c1-12(2)7-16-8-17(24-23-16)11-20-9-14-10-21-22-18(14)13-3-5-15(19)6-4-13/h3-6,8,10,12,20H,7,9,11H2,1-2H3,(H,21,22). The smallest absolute Gasteiger partial charge is 0.150 e. The third kappa shape index (κ3) is 4.08. The fraction of sp³-hybridized carbons (Fsp3) is 0.333. The zero-order chi connectivity index (χ0) is 16.9. The van der Waals surface area contributed by atoms with Crippen LogP contribution in [-0.4, -0.2) is 15.4 Å². The van der Waals surface area contributed by atoms with Crippen LogP contribution in [0.1, 0.15) is 30.9 Å². The molecular weight excluding hydrogens is 307 g/mol. The molecule has 0 saturated heterocycles. The maximum atomic E-state index is 13.0. The molecular formula is C18H21FN4O. The Morgan fingerprint density at radius 3 is 2.75 bits per heavy atom. The number of hydrogen-bond donors (Lipinski definition) is 2. The van der Waals surface area contributed by atoms with Crippen LogP contribution in [0.15, 0.2) is 41.1 Å². The topological polar surface area (TPSA) is 66.7 Å². The van der Waals surface area contributed by atoms with Gasteiger partial charge in [0.1, 0.15) is 5.82 Å². The van der Waals surface area contributed by atoms with Crippen LogP contribution in [0.5, 0.6) is 0 Å². The Kier molecular flexibility index (Phi) is 5.05. The van der Waals surface area contributed by atoms with Crippen LogP contribution < -0.4 is 5.32 Å². The molecule has 2 aromatic heterocycles. The Morgan fingerprint density at radius 1 is 1.21 bits per heavy atom. The summed E-state index contributed by atoms with van der Waals surface area (Å²) in [6.07, 6.45) is 2.69. The molecule has 1 aromatic carbocycles. The second kappa shape index (κ2) is 7.40. The molecule has 0 aliphatic heterocycles. The molecule has 0 saturated carbocycles. The number of aromatic nitrogens is 3. The van der Waals surface area contributed by atoms with Crippen molar-refractivity contribution >= 4 is 0 Å². The molecule has 0 aliphatic rings. The Labute approximate surface area is 140 Å². The minimum Gasteiger partial charge on any atom is -0.360 e. The molecule has 0 spiro atoms. The van der Waals surface area contributed by atoms with Crippen LogP contribution in [0.4, 0.5) is 4.39 Å². The predicted octanol–water partition coefficient (Wildman–Crippen LogP) is 3.69. The summed E-state index contributed by atoms with van der Waals surface area (Å²) in [7, 11) is 0. The lowest BCUT2D eigenvalue weighted by Gasteiger charge is -2.04. The van der Waals surface area contributed by atoms with Crippen molar-refractivity contribution in [3.8, 4) is 11.3 Å². The van der Waals surface area contributed by atoms with E-state index in [1.54, 1.807) is 18.3 Å². The number of hydrogen-bond acceptors (Lipinski definition) is 4. The predicted molar refractivity (Wildman–Crippen MR) is 89.6 cm³/mol. The molecule has 2 heterocycles. The Bertz CT molecular complexity index is 776. The van der Waals surface area contributed by atoms with Crippen LogP contribution in [0.2, 0.25) is 0 Å². The van der Waals surface area contributed by atoms with Crippen LogP contribution in [0, 0.1) is 11.7 Å². The lowest BCUT2D eigenvalue weighted by molar-refractivity contribution is 0.365. The zero-order valence-corrected chi connectivity index (χ0v) is 13.8. The zero-order valence-electron chi connectivity index (χ0n) is 13.8. The molecule has 5 nitrogen and oxygen atoms in total. The normalized spacial score (nSPS) is 11.3. The third-order valence-corrected chi connectivity index (χ3v) is 3.69. The van der Waals surface area contributed by atoms with Gasteiger partial charge in [-0.3, -0.25) is 5.10 Å². The van der Waals surface area contributed by atoms with Crippen LogP contribution in [-0.2, 0) is 19.5 Å². The molecule has 0 unspecified atom stereocenters. The van der Waals surface area contributed by atoms with Crippen molar-refractivity contribution in [1.82, 2.24) is 20.7 Å². The number of rotatable bonds is 7. The maximum absolute atomic E-state index is 13.0. The van der Waals surface area contributed by atoms with E-state index in [1.165, 1.54) is 12.1 Å². The monoisotopic (exact) mass is 328 g/mol. The first kappa shape index (κ1) is 16.4. The van der Waals surface area contributed by atoms with Crippen molar-refractivity contribution in [2.75, 3.05) is 0 Å². The molecule has 126 valence electrons. The van der Waals surface area contributed by atoms with Gasteiger partial charge in [0.05, 0.1) is 24.1 Å². The van der Waals surface area contributed by atoms with E-state index in [-0.39, 0.29) is 5.82 Å². The van der Waals surface area contributed by atoms with Gasteiger partial charge in [0.2, 0.25) is 0 Å². The second-order valence-corrected chi connectivity index (χ2v) is 6.26. The Morgan fingerprint density at radius 2 is 2.00 bits per heavy atom. The van der Waals surface area contributed by atoms with Crippen molar-refractivity contribution in [2.24, 2.45) is 5.92 Å². The maximum Gasteiger partial charge on any atom is 0.150 e. The molecule has 3 rings (SSSR count). The summed E-state index contributed by atoms with van der Waals surface area (Å²) in [5, 5.41) is 14.5. The summed E-state index contributed by atoms with van der Waals surface area (Å²) in [5.74, 6) is 1.12. The minimum atomic E-state index is -0.250. The molecule has 2 N–H and O–H groups in total. The van der Waals surface area contributed by atoms with E-state index in [1.807, 2.05) is 6.07 Å². The molecule has 6 heteroatoms. The summed E-state index contributed by atoms with van der Waals surface area (Å²) in [6.45, 7) is 5.54. The quantitative estimate of drug-likeness (QED) is 0.694. The van der Waals surface area contributed by atoms with Crippen molar-refractivity contribution in [3.05, 3.63) is 59.4 Å². The number of nitrogens with one attached hydrogen (secondary N) is 2. The van der Waals surface area contributed by atoms with Gasteiger partial charge < -0.3 is 9.84 Å². The number of halogens is 1. The molecule has 0 bridgehead atoms. The average Bonchev–Trinajstić information content (AvgIpc) is 3.17. The van der Waals surface area contributed by atoms with E-state index in [9.17, 15) is 4.39 Å². The number of nitrogens with zero attached hydrogens (tertiary/aromatic N) is 2. The molecule has 0 amide bonds. The summed E-state index contributed by atoms with van der Waals surface area (Å²) in [5.41, 5.74) is 3.80. The molecule has 0 atom stereocenters.